The van der Waals surface area contributed by atoms with Gasteiger partial charge in [-0.3, -0.25) is 4.79 Å². The number of halogens is 2. The summed E-state index contributed by atoms with van der Waals surface area (Å²) in [6, 6.07) is 3.90. The highest BCUT2D eigenvalue weighted by Crippen LogP contribution is 2.35. The molecule has 0 aliphatic rings. The maximum atomic E-state index is 13.2. The third kappa shape index (κ3) is 2.95. The number of aliphatic hydroxyl groups excluding tert-OH is 1. The number of fused-ring (bicyclic) bond motifs is 1. The van der Waals surface area contributed by atoms with Crippen LogP contribution in [0.1, 0.15) is 23.5 Å². The summed E-state index contributed by atoms with van der Waals surface area (Å²) < 4.78 is 13.8. The molecule has 1 amide bonds. The summed E-state index contributed by atoms with van der Waals surface area (Å²) in [6.45, 7) is 3.67. The van der Waals surface area contributed by atoms with E-state index in [1.165, 1.54) is 12.1 Å². The van der Waals surface area contributed by atoms with E-state index in [0.717, 1.165) is 11.3 Å². The second-order valence-corrected chi connectivity index (χ2v) is 6.32. The van der Waals surface area contributed by atoms with Gasteiger partial charge < -0.3 is 10.4 Å². The molecule has 108 valence electrons. The molecule has 6 heteroatoms. The van der Waals surface area contributed by atoms with Gasteiger partial charge in [0.2, 0.25) is 0 Å². The van der Waals surface area contributed by atoms with Gasteiger partial charge in [0.25, 0.3) is 5.91 Å². The molecule has 1 heterocycles. The summed E-state index contributed by atoms with van der Waals surface area (Å²) in [5.74, 6) is -0.600. The molecular formula is C14H15ClFNO2S. The zero-order chi connectivity index (χ0) is 14.9. The first-order valence-corrected chi connectivity index (χ1v) is 7.42. The van der Waals surface area contributed by atoms with Crippen molar-refractivity contribution in [2.24, 2.45) is 5.92 Å². The van der Waals surface area contributed by atoms with Gasteiger partial charge in [-0.15, -0.1) is 11.3 Å². The number of benzene rings is 1. The molecule has 0 radical (unpaired) electrons. The van der Waals surface area contributed by atoms with Gasteiger partial charge in [0.1, 0.15) is 10.7 Å². The van der Waals surface area contributed by atoms with Gasteiger partial charge in [-0.25, -0.2) is 4.39 Å². The first-order chi connectivity index (χ1) is 9.43. The summed E-state index contributed by atoms with van der Waals surface area (Å²) in [6.07, 6.45) is 0. The largest absolute Gasteiger partial charge is 0.394 e. The van der Waals surface area contributed by atoms with E-state index in [-0.39, 0.29) is 30.3 Å². The van der Waals surface area contributed by atoms with Gasteiger partial charge in [-0.2, -0.15) is 0 Å². The molecule has 1 aromatic heterocycles. The molecule has 2 rings (SSSR count). The smallest absolute Gasteiger partial charge is 0.263 e. The average Bonchev–Trinajstić information content (AvgIpc) is 2.72. The van der Waals surface area contributed by atoms with E-state index in [1.54, 1.807) is 6.07 Å². The zero-order valence-electron chi connectivity index (χ0n) is 11.1. The number of hydrogen-bond donors (Lipinski definition) is 2. The number of carbonyl (C=O) groups is 1. The van der Waals surface area contributed by atoms with Crippen LogP contribution in [-0.2, 0) is 0 Å². The van der Waals surface area contributed by atoms with Gasteiger partial charge in [0.15, 0.2) is 0 Å². The van der Waals surface area contributed by atoms with Gasteiger partial charge >= 0.3 is 0 Å². The molecule has 1 aromatic carbocycles. The van der Waals surface area contributed by atoms with Gasteiger partial charge in [-0.1, -0.05) is 25.4 Å². The number of nitrogens with one attached hydrogen (secondary N) is 1. The molecule has 3 nitrogen and oxygen atoms in total. The van der Waals surface area contributed by atoms with E-state index in [4.69, 9.17) is 11.6 Å². The minimum absolute atomic E-state index is 0.106. The molecule has 0 aliphatic heterocycles. The number of aliphatic hydroxyl groups is 1. The first-order valence-electron chi connectivity index (χ1n) is 6.23. The Morgan fingerprint density at radius 2 is 2.20 bits per heavy atom. The van der Waals surface area contributed by atoms with Crippen molar-refractivity contribution in [3.8, 4) is 0 Å². The fraction of sp³-hybridized carbons (Fsp3) is 0.357. The Morgan fingerprint density at radius 3 is 2.80 bits per heavy atom. The SMILES string of the molecule is CC(C)[C@@H](CO)NC(=O)c1sc2cc(F)ccc2c1Cl. The Bertz CT molecular complexity index is 641. The highest BCUT2D eigenvalue weighted by Gasteiger charge is 2.21. The average molecular weight is 316 g/mol. The molecule has 0 spiro atoms. The van der Waals surface area contributed by atoms with Gasteiger partial charge in [0, 0.05) is 10.1 Å². The molecule has 0 saturated heterocycles. The normalized spacial score (nSPS) is 12.9. The zero-order valence-corrected chi connectivity index (χ0v) is 12.7. The Kier molecular flexibility index (Phi) is 4.62. The minimum Gasteiger partial charge on any atom is -0.394 e. The lowest BCUT2D eigenvalue weighted by molar-refractivity contribution is 0.0901. The van der Waals surface area contributed by atoms with E-state index in [2.05, 4.69) is 5.32 Å². The Morgan fingerprint density at radius 1 is 1.50 bits per heavy atom. The summed E-state index contributed by atoms with van der Waals surface area (Å²) in [4.78, 5) is 12.5. The van der Waals surface area contributed by atoms with Gasteiger partial charge in [-0.05, 0) is 24.1 Å². The van der Waals surface area contributed by atoms with Crippen LogP contribution >= 0.6 is 22.9 Å². The van der Waals surface area contributed by atoms with Crippen LogP contribution in [0.3, 0.4) is 0 Å². The highest BCUT2D eigenvalue weighted by molar-refractivity contribution is 7.21. The monoisotopic (exact) mass is 315 g/mol. The van der Waals surface area contributed by atoms with E-state index in [9.17, 15) is 14.3 Å². The molecule has 0 unspecified atom stereocenters. The Hall–Kier alpha value is -1.17. The van der Waals surface area contributed by atoms with Crippen molar-refractivity contribution in [1.82, 2.24) is 5.32 Å². The van der Waals surface area contributed by atoms with Crippen LogP contribution in [0.15, 0.2) is 18.2 Å². The van der Waals surface area contributed by atoms with Gasteiger partial charge in [0.05, 0.1) is 17.7 Å². The maximum Gasteiger partial charge on any atom is 0.263 e. The fourth-order valence-corrected chi connectivity index (χ4v) is 3.29. The van der Waals surface area contributed by atoms with E-state index in [1.807, 2.05) is 13.8 Å². The van der Waals surface area contributed by atoms with Crippen LogP contribution in [0, 0.1) is 11.7 Å². The first kappa shape index (κ1) is 15.2. The molecule has 20 heavy (non-hydrogen) atoms. The number of thiophene rings is 1. The number of amides is 1. The molecule has 0 fully saturated rings. The van der Waals surface area contributed by atoms with Crippen molar-refractivity contribution in [3.05, 3.63) is 33.9 Å². The van der Waals surface area contributed by atoms with Crippen LogP contribution < -0.4 is 5.32 Å². The summed E-state index contributed by atoms with van der Waals surface area (Å²) >= 11 is 7.32. The lowest BCUT2D eigenvalue weighted by Crippen LogP contribution is -2.40. The molecule has 0 saturated carbocycles. The van der Waals surface area contributed by atoms with Crippen molar-refractivity contribution in [3.63, 3.8) is 0 Å². The van der Waals surface area contributed by atoms with Crippen LogP contribution in [0.2, 0.25) is 5.02 Å². The van der Waals surface area contributed by atoms with E-state index in [0.29, 0.717) is 20.0 Å². The van der Waals surface area contributed by atoms with Crippen molar-refractivity contribution in [1.29, 1.82) is 0 Å². The van der Waals surface area contributed by atoms with Crippen molar-refractivity contribution in [2.75, 3.05) is 6.61 Å². The molecule has 2 aromatic rings. The summed E-state index contributed by atoms with van der Waals surface area (Å²) in [5.41, 5.74) is 0. The highest BCUT2D eigenvalue weighted by atomic mass is 35.5. The topological polar surface area (TPSA) is 49.3 Å². The lowest BCUT2D eigenvalue weighted by Gasteiger charge is -2.19. The quantitative estimate of drug-likeness (QED) is 0.908. The van der Waals surface area contributed by atoms with E-state index < -0.39 is 0 Å². The van der Waals surface area contributed by atoms with Crippen molar-refractivity contribution >= 4 is 38.9 Å². The van der Waals surface area contributed by atoms with Crippen LogP contribution in [0.4, 0.5) is 4.39 Å². The number of rotatable bonds is 4. The van der Waals surface area contributed by atoms with Crippen LogP contribution in [0.25, 0.3) is 10.1 Å². The Balaban J connectivity index is 2.33. The van der Waals surface area contributed by atoms with Crippen LogP contribution in [-0.4, -0.2) is 23.7 Å². The minimum atomic E-state index is -0.363. The van der Waals surface area contributed by atoms with Crippen LogP contribution in [0.5, 0.6) is 0 Å². The molecule has 0 aliphatic carbocycles. The maximum absolute atomic E-state index is 13.2. The molecule has 2 N–H and O–H groups in total. The predicted molar refractivity (Wildman–Crippen MR) is 80.0 cm³/mol. The lowest BCUT2D eigenvalue weighted by atomic mass is 10.1. The van der Waals surface area contributed by atoms with E-state index >= 15 is 0 Å². The molecular weight excluding hydrogens is 301 g/mol. The standard InChI is InChI=1S/C14H15ClFNO2S/c1-7(2)10(6-18)17-14(19)13-12(15)9-4-3-8(16)5-11(9)20-13/h3-5,7,10,18H,6H2,1-2H3,(H,17,19)/t10-/m1/s1. The third-order valence-corrected chi connectivity index (χ3v) is 4.77. The second-order valence-electron chi connectivity index (χ2n) is 4.89. The van der Waals surface area contributed by atoms with Crippen molar-refractivity contribution < 1.29 is 14.3 Å². The molecule has 0 bridgehead atoms. The number of carbonyl (C=O) groups excluding carboxylic acids is 1. The summed E-state index contributed by atoms with van der Waals surface area (Å²) in [7, 11) is 0. The number of hydrogen-bond acceptors (Lipinski definition) is 3. The summed E-state index contributed by atoms with van der Waals surface area (Å²) in [5, 5.41) is 13.0. The molecule has 1 atom stereocenters. The predicted octanol–water partition coefficient (Wildman–Crippen LogP) is 3.44. The van der Waals surface area contributed by atoms with Crippen molar-refractivity contribution in [2.45, 2.75) is 19.9 Å². The third-order valence-electron chi connectivity index (χ3n) is 3.12. The Labute approximate surface area is 125 Å². The fourth-order valence-electron chi connectivity index (χ4n) is 1.84. The second kappa shape index (κ2) is 6.08.